The fourth-order valence-corrected chi connectivity index (χ4v) is 0.739. The summed E-state index contributed by atoms with van der Waals surface area (Å²) >= 11 is 0. The van der Waals surface area contributed by atoms with Crippen LogP contribution < -0.4 is 0 Å². The molecule has 2 nitrogen and oxygen atoms in total. The highest BCUT2D eigenvalue weighted by molar-refractivity contribution is 5.84. The summed E-state index contributed by atoms with van der Waals surface area (Å²) in [6.45, 7) is 3.48. The smallest absolute Gasteiger partial charge is 0.287 e. The monoisotopic (exact) mass is 189 g/mol. The Morgan fingerprint density at radius 2 is 1.77 bits per heavy atom. The van der Waals surface area contributed by atoms with Gasteiger partial charge in [0.05, 0.1) is 0 Å². The summed E-state index contributed by atoms with van der Waals surface area (Å²) in [7, 11) is 0. The van der Waals surface area contributed by atoms with Crippen molar-refractivity contribution in [1.29, 1.82) is 0 Å². The average Bonchev–Trinajstić information content (AvgIpc) is 2.03. The van der Waals surface area contributed by atoms with Gasteiger partial charge in [-0.25, -0.2) is 0 Å². The molecule has 1 heterocycles. The molecule has 0 unspecified atom stereocenters. The molecule has 0 aromatic heterocycles. The van der Waals surface area contributed by atoms with Crippen molar-refractivity contribution < 1.29 is 18.0 Å². The lowest BCUT2D eigenvalue weighted by Crippen LogP contribution is -2.35. The summed E-state index contributed by atoms with van der Waals surface area (Å²) in [5.41, 5.74) is 0.547. The quantitative estimate of drug-likeness (QED) is 0.570. The topological polar surface area (TPSA) is 20.3 Å². The van der Waals surface area contributed by atoms with Gasteiger partial charge in [-0.15, -0.1) is 0 Å². The number of rotatable bonds is 0. The fraction of sp³-hybridized carbons (Fsp3) is 0.125. The second kappa shape index (κ2) is 3.08. The highest BCUT2D eigenvalue weighted by Crippen LogP contribution is 2.20. The minimum Gasteiger partial charge on any atom is -0.287 e. The Labute approximate surface area is 72.6 Å². The third kappa shape index (κ3) is 2.21. The maximum Gasteiger partial charge on any atom is 0.472 e. The van der Waals surface area contributed by atoms with E-state index in [4.69, 9.17) is 0 Å². The normalized spacial score (nSPS) is 16.5. The summed E-state index contributed by atoms with van der Waals surface area (Å²) in [5, 5.41) is 0. The molecule has 70 valence electrons. The molecule has 0 radical (unpaired) electrons. The summed E-state index contributed by atoms with van der Waals surface area (Å²) in [4.78, 5) is 11.1. The number of alkyl halides is 3. The molecule has 0 saturated heterocycles. The van der Waals surface area contributed by atoms with Crippen molar-refractivity contribution in [2.24, 2.45) is 0 Å². The molecule has 5 heteroatoms. The first-order valence-corrected chi connectivity index (χ1v) is 3.36. The van der Waals surface area contributed by atoms with Crippen molar-refractivity contribution in [2.75, 3.05) is 0 Å². The van der Waals surface area contributed by atoms with Gasteiger partial charge in [-0.05, 0) is 17.7 Å². The van der Waals surface area contributed by atoms with Gasteiger partial charge >= 0.3 is 12.1 Å². The van der Waals surface area contributed by atoms with E-state index in [1.807, 2.05) is 0 Å². The van der Waals surface area contributed by atoms with Crippen molar-refractivity contribution in [2.45, 2.75) is 6.18 Å². The van der Waals surface area contributed by atoms with Crippen LogP contribution in [0.1, 0.15) is 0 Å². The Morgan fingerprint density at radius 1 is 1.31 bits per heavy atom. The van der Waals surface area contributed by atoms with Crippen LogP contribution in [0.2, 0.25) is 0 Å². The highest BCUT2D eigenvalue weighted by Gasteiger charge is 2.41. The van der Waals surface area contributed by atoms with E-state index >= 15 is 0 Å². The van der Waals surface area contributed by atoms with E-state index in [-0.39, 0.29) is 0 Å². The molecule has 0 fully saturated rings. The molecule has 0 atom stereocenters. The number of hydrogen-bond acceptors (Lipinski definition) is 1. The first-order chi connectivity index (χ1) is 5.91. The van der Waals surface area contributed by atoms with Crippen LogP contribution in [-0.2, 0) is 4.79 Å². The van der Waals surface area contributed by atoms with E-state index in [1.54, 1.807) is 0 Å². The average molecular weight is 189 g/mol. The van der Waals surface area contributed by atoms with Crippen molar-refractivity contribution >= 4 is 5.91 Å². The molecular weight excluding hydrogens is 183 g/mol. The Bertz CT molecular complexity index is 285. The van der Waals surface area contributed by atoms with Crippen molar-refractivity contribution in [3.05, 3.63) is 36.7 Å². The van der Waals surface area contributed by atoms with Crippen LogP contribution in [0.4, 0.5) is 13.2 Å². The zero-order valence-electron chi connectivity index (χ0n) is 6.51. The number of amides is 1. The van der Waals surface area contributed by atoms with Crippen molar-refractivity contribution in [1.82, 2.24) is 4.90 Å². The third-order valence-electron chi connectivity index (χ3n) is 1.38. The molecule has 0 N–H and O–H groups in total. The van der Waals surface area contributed by atoms with Crippen molar-refractivity contribution in [3.8, 4) is 0 Å². The highest BCUT2D eigenvalue weighted by atomic mass is 19.4. The van der Waals surface area contributed by atoms with Crippen LogP contribution in [0.25, 0.3) is 0 Å². The summed E-state index contributed by atoms with van der Waals surface area (Å²) in [6.07, 6.45) is -0.142. The molecule has 0 aromatic rings. The predicted molar refractivity (Wildman–Crippen MR) is 40.3 cm³/mol. The van der Waals surface area contributed by atoms with Crippen LogP contribution >= 0.6 is 0 Å². The zero-order chi connectivity index (χ0) is 10.1. The first kappa shape index (κ1) is 9.57. The largest absolute Gasteiger partial charge is 0.472 e. The molecule has 1 rings (SSSR count). The maximum absolute atomic E-state index is 11.8. The number of halogens is 3. The Morgan fingerprint density at radius 3 is 2.15 bits per heavy atom. The molecule has 0 saturated carbocycles. The number of allylic oxidation sites excluding steroid dienone is 3. The number of carbonyl (C=O) groups is 1. The van der Waals surface area contributed by atoms with Crippen LogP contribution in [-0.4, -0.2) is 17.0 Å². The van der Waals surface area contributed by atoms with Gasteiger partial charge in [0.2, 0.25) is 0 Å². The molecule has 0 spiro atoms. The van der Waals surface area contributed by atoms with Crippen LogP contribution in [0.15, 0.2) is 36.7 Å². The molecule has 1 aliphatic rings. The molecule has 0 aromatic carbocycles. The first-order valence-electron chi connectivity index (χ1n) is 3.36. The second-order valence-electron chi connectivity index (χ2n) is 2.42. The van der Waals surface area contributed by atoms with Crippen LogP contribution in [0.5, 0.6) is 0 Å². The van der Waals surface area contributed by atoms with E-state index in [0.717, 1.165) is 12.4 Å². The van der Waals surface area contributed by atoms with E-state index < -0.39 is 12.1 Å². The molecule has 13 heavy (non-hydrogen) atoms. The molecule has 1 aliphatic heterocycles. The van der Waals surface area contributed by atoms with Gasteiger partial charge < -0.3 is 0 Å². The predicted octanol–water partition coefficient (Wildman–Crippen LogP) is 1.97. The van der Waals surface area contributed by atoms with Gasteiger partial charge in [0.1, 0.15) is 0 Å². The number of nitrogens with zero attached hydrogens (tertiary/aromatic N) is 1. The molecule has 0 aliphatic carbocycles. The van der Waals surface area contributed by atoms with Crippen LogP contribution in [0, 0.1) is 0 Å². The minimum atomic E-state index is -4.84. The van der Waals surface area contributed by atoms with Gasteiger partial charge in [0.15, 0.2) is 0 Å². The lowest BCUT2D eigenvalue weighted by molar-refractivity contribution is -0.180. The van der Waals surface area contributed by atoms with E-state index in [2.05, 4.69) is 6.58 Å². The summed E-state index contributed by atoms with van der Waals surface area (Å²) in [5.74, 6) is -1.91. The molecule has 0 bridgehead atoms. The van der Waals surface area contributed by atoms with E-state index in [9.17, 15) is 18.0 Å². The summed E-state index contributed by atoms with van der Waals surface area (Å²) < 4.78 is 35.5. The second-order valence-corrected chi connectivity index (χ2v) is 2.42. The van der Waals surface area contributed by atoms with E-state index in [1.165, 1.54) is 12.2 Å². The third-order valence-corrected chi connectivity index (χ3v) is 1.38. The van der Waals surface area contributed by atoms with Gasteiger partial charge in [-0.1, -0.05) is 6.58 Å². The zero-order valence-corrected chi connectivity index (χ0v) is 6.51. The lowest BCUT2D eigenvalue weighted by Gasteiger charge is -2.17. The van der Waals surface area contributed by atoms with Gasteiger partial charge in [0, 0.05) is 12.4 Å². The fourth-order valence-electron chi connectivity index (χ4n) is 0.739. The molecule has 1 amide bonds. The maximum atomic E-state index is 11.8. The van der Waals surface area contributed by atoms with Crippen LogP contribution in [0.3, 0.4) is 0 Å². The van der Waals surface area contributed by atoms with Gasteiger partial charge in [-0.2, -0.15) is 13.2 Å². The minimum absolute atomic E-state index is 0.467. The summed E-state index contributed by atoms with van der Waals surface area (Å²) in [6, 6.07) is 0. The Balaban J connectivity index is 2.77. The number of hydrogen-bond donors (Lipinski definition) is 0. The van der Waals surface area contributed by atoms with Gasteiger partial charge in [0.25, 0.3) is 0 Å². The van der Waals surface area contributed by atoms with E-state index in [0.29, 0.717) is 10.5 Å². The van der Waals surface area contributed by atoms with Gasteiger partial charge in [-0.3, -0.25) is 9.69 Å². The Kier molecular flexibility index (Phi) is 2.27. The standard InChI is InChI=1S/C8H6F3NO/c1-6-2-4-12(5-3-6)7(13)8(9,10)11/h2-5H,1H2. The SMILES string of the molecule is C=C1C=CN(C(=O)C(F)(F)F)C=C1. The molecular formula is C8H6F3NO. The lowest BCUT2D eigenvalue weighted by atomic mass is 10.2. The van der Waals surface area contributed by atoms with Crippen molar-refractivity contribution in [3.63, 3.8) is 0 Å². The number of carbonyl (C=O) groups excluding carboxylic acids is 1. The Hall–Kier alpha value is -1.52.